The molecule has 11 heavy (non-hydrogen) atoms. The van der Waals surface area contributed by atoms with E-state index in [1.807, 2.05) is 6.07 Å². The van der Waals surface area contributed by atoms with E-state index in [1.54, 1.807) is 12.1 Å². The summed E-state index contributed by atoms with van der Waals surface area (Å²) in [4.78, 5) is 0. The first-order valence-corrected chi connectivity index (χ1v) is 4.21. The van der Waals surface area contributed by atoms with Crippen LogP contribution in [0.3, 0.4) is 0 Å². The van der Waals surface area contributed by atoms with Crippen LogP contribution in [0.1, 0.15) is 0 Å². The van der Waals surface area contributed by atoms with Gasteiger partial charge in [-0.3, -0.25) is 0 Å². The standard InChI is InChI=1S/C8H6BrO2/c9-8-5-10-6-3-1-2-4-7(6)11-8/h2-4,8H,5H2. The van der Waals surface area contributed by atoms with E-state index in [2.05, 4.69) is 22.0 Å². The van der Waals surface area contributed by atoms with Gasteiger partial charge >= 0.3 is 0 Å². The number of ether oxygens (including phenoxy) is 2. The summed E-state index contributed by atoms with van der Waals surface area (Å²) in [5.41, 5.74) is 0. The first kappa shape index (κ1) is 6.98. The third-order valence-electron chi connectivity index (χ3n) is 1.41. The number of rotatable bonds is 0. The third-order valence-corrected chi connectivity index (χ3v) is 1.86. The highest BCUT2D eigenvalue weighted by Crippen LogP contribution is 2.31. The molecule has 0 amide bonds. The summed E-state index contributed by atoms with van der Waals surface area (Å²) in [6.45, 7) is 0.546. The van der Waals surface area contributed by atoms with E-state index in [9.17, 15) is 0 Å². The van der Waals surface area contributed by atoms with Crippen molar-refractivity contribution in [2.75, 3.05) is 6.61 Å². The van der Waals surface area contributed by atoms with Gasteiger partial charge < -0.3 is 9.47 Å². The quantitative estimate of drug-likeness (QED) is 0.614. The molecule has 1 aliphatic heterocycles. The molecule has 0 N–H and O–H groups in total. The van der Waals surface area contributed by atoms with Gasteiger partial charge in [0.25, 0.3) is 0 Å². The highest BCUT2D eigenvalue weighted by Gasteiger charge is 2.16. The van der Waals surface area contributed by atoms with Crippen molar-refractivity contribution >= 4 is 15.9 Å². The molecule has 1 atom stereocenters. The minimum Gasteiger partial charge on any atom is -0.485 e. The molecule has 57 valence electrons. The van der Waals surface area contributed by atoms with Gasteiger partial charge in [-0.05, 0) is 34.1 Å². The molecule has 1 aromatic rings. The second-order valence-electron chi connectivity index (χ2n) is 2.21. The van der Waals surface area contributed by atoms with Crippen LogP contribution >= 0.6 is 15.9 Å². The molecule has 1 aromatic carbocycles. The Balaban J connectivity index is 2.34. The molecule has 0 saturated carbocycles. The van der Waals surface area contributed by atoms with Crippen molar-refractivity contribution in [3.8, 4) is 11.5 Å². The number of hydrogen-bond acceptors (Lipinski definition) is 2. The summed E-state index contributed by atoms with van der Waals surface area (Å²) < 4.78 is 10.7. The second-order valence-corrected chi connectivity index (χ2v) is 3.23. The zero-order valence-electron chi connectivity index (χ0n) is 5.71. The van der Waals surface area contributed by atoms with Crippen LogP contribution in [0.25, 0.3) is 0 Å². The van der Waals surface area contributed by atoms with Gasteiger partial charge in [0.15, 0.2) is 16.5 Å². The zero-order chi connectivity index (χ0) is 7.68. The van der Waals surface area contributed by atoms with Gasteiger partial charge in [-0.15, -0.1) is 0 Å². The van der Waals surface area contributed by atoms with E-state index in [0.717, 1.165) is 11.5 Å². The SMILES string of the molecule is BrC1COc2c[c]ccc2O1. The second kappa shape index (κ2) is 2.74. The van der Waals surface area contributed by atoms with Crippen LogP contribution in [0.5, 0.6) is 11.5 Å². The maximum atomic E-state index is 5.40. The predicted octanol–water partition coefficient (Wildman–Crippen LogP) is 1.98. The van der Waals surface area contributed by atoms with Crippen molar-refractivity contribution in [1.29, 1.82) is 0 Å². The Labute approximate surface area is 73.3 Å². The molecule has 1 unspecified atom stereocenters. The fourth-order valence-corrected chi connectivity index (χ4v) is 1.27. The molecular weight excluding hydrogens is 208 g/mol. The maximum absolute atomic E-state index is 5.40. The summed E-state index contributed by atoms with van der Waals surface area (Å²) in [7, 11) is 0. The predicted molar refractivity (Wildman–Crippen MR) is 44.1 cm³/mol. The van der Waals surface area contributed by atoms with E-state index in [1.165, 1.54) is 0 Å². The van der Waals surface area contributed by atoms with Crippen molar-refractivity contribution < 1.29 is 9.47 Å². The van der Waals surface area contributed by atoms with E-state index in [-0.39, 0.29) is 5.01 Å². The van der Waals surface area contributed by atoms with E-state index < -0.39 is 0 Å². The smallest absolute Gasteiger partial charge is 0.187 e. The lowest BCUT2D eigenvalue weighted by Crippen LogP contribution is -2.22. The Bertz CT molecular complexity index is 262. The molecule has 0 aliphatic carbocycles. The van der Waals surface area contributed by atoms with Gasteiger partial charge in [-0.25, -0.2) is 0 Å². The maximum Gasteiger partial charge on any atom is 0.187 e. The Kier molecular flexibility index (Phi) is 1.74. The van der Waals surface area contributed by atoms with Crippen LogP contribution in [0.2, 0.25) is 0 Å². The molecule has 2 rings (SSSR count). The van der Waals surface area contributed by atoms with Crippen LogP contribution in [-0.4, -0.2) is 11.6 Å². The molecule has 0 saturated heterocycles. The summed E-state index contributed by atoms with van der Waals surface area (Å²) in [6.07, 6.45) is 0. The summed E-state index contributed by atoms with van der Waals surface area (Å²) in [6, 6.07) is 8.32. The average Bonchev–Trinajstić information content (AvgIpc) is 2.04. The number of alkyl halides is 1. The van der Waals surface area contributed by atoms with E-state index >= 15 is 0 Å². The Morgan fingerprint density at radius 1 is 1.55 bits per heavy atom. The van der Waals surface area contributed by atoms with Gasteiger partial charge in [0.1, 0.15) is 6.61 Å². The highest BCUT2D eigenvalue weighted by atomic mass is 79.9. The first-order chi connectivity index (χ1) is 5.36. The van der Waals surface area contributed by atoms with Gasteiger partial charge in [0.05, 0.1) is 0 Å². The molecule has 1 heterocycles. The molecule has 2 nitrogen and oxygen atoms in total. The van der Waals surface area contributed by atoms with Crippen molar-refractivity contribution in [1.82, 2.24) is 0 Å². The Hall–Kier alpha value is -0.700. The molecule has 1 radical (unpaired) electrons. The van der Waals surface area contributed by atoms with E-state index in [4.69, 9.17) is 9.47 Å². The van der Waals surface area contributed by atoms with Crippen LogP contribution < -0.4 is 9.47 Å². The van der Waals surface area contributed by atoms with Crippen molar-refractivity contribution in [2.45, 2.75) is 5.01 Å². The molecule has 0 spiro atoms. The Morgan fingerprint density at radius 3 is 3.36 bits per heavy atom. The topological polar surface area (TPSA) is 18.5 Å². The first-order valence-electron chi connectivity index (χ1n) is 3.30. The molecular formula is C8H6BrO2. The van der Waals surface area contributed by atoms with Crippen molar-refractivity contribution in [2.24, 2.45) is 0 Å². The van der Waals surface area contributed by atoms with Crippen molar-refractivity contribution in [3.05, 3.63) is 24.3 Å². The summed E-state index contributed by atoms with van der Waals surface area (Å²) in [5.74, 6) is 1.54. The third kappa shape index (κ3) is 1.33. The largest absolute Gasteiger partial charge is 0.485 e. The normalized spacial score (nSPS) is 21.4. The molecule has 0 fully saturated rings. The van der Waals surface area contributed by atoms with Gasteiger partial charge in [0, 0.05) is 0 Å². The fourth-order valence-electron chi connectivity index (χ4n) is 0.938. The van der Waals surface area contributed by atoms with Crippen molar-refractivity contribution in [3.63, 3.8) is 0 Å². The monoisotopic (exact) mass is 213 g/mol. The lowest BCUT2D eigenvalue weighted by molar-refractivity contribution is 0.153. The number of fused-ring (bicyclic) bond motifs is 1. The lowest BCUT2D eigenvalue weighted by Gasteiger charge is -2.21. The Morgan fingerprint density at radius 2 is 2.45 bits per heavy atom. The zero-order valence-corrected chi connectivity index (χ0v) is 7.30. The molecule has 0 aromatic heterocycles. The van der Waals surface area contributed by atoms with E-state index in [0.29, 0.717) is 6.61 Å². The summed E-state index contributed by atoms with van der Waals surface area (Å²) >= 11 is 3.30. The van der Waals surface area contributed by atoms with Gasteiger partial charge in [0.2, 0.25) is 0 Å². The average molecular weight is 214 g/mol. The molecule has 0 bridgehead atoms. The van der Waals surface area contributed by atoms with Gasteiger partial charge in [-0.2, -0.15) is 0 Å². The number of hydrogen-bond donors (Lipinski definition) is 0. The molecule has 3 heteroatoms. The minimum absolute atomic E-state index is 0.0302. The minimum atomic E-state index is -0.0302. The highest BCUT2D eigenvalue weighted by molar-refractivity contribution is 9.09. The fraction of sp³-hybridized carbons (Fsp3) is 0.250. The molecule has 1 aliphatic rings. The van der Waals surface area contributed by atoms with Crippen LogP contribution in [0.15, 0.2) is 18.2 Å². The van der Waals surface area contributed by atoms with Crippen LogP contribution in [0.4, 0.5) is 0 Å². The number of benzene rings is 1. The number of halogens is 1. The van der Waals surface area contributed by atoms with Gasteiger partial charge in [-0.1, -0.05) is 6.07 Å². The lowest BCUT2D eigenvalue weighted by atomic mass is 10.3. The van der Waals surface area contributed by atoms with Crippen LogP contribution in [0, 0.1) is 6.07 Å². The van der Waals surface area contributed by atoms with Crippen LogP contribution in [-0.2, 0) is 0 Å². The summed E-state index contributed by atoms with van der Waals surface area (Å²) in [5, 5.41) is -0.0302.